The van der Waals surface area contributed by atoms with Gasteiger partial charge in [-0.15, -0.1) is 0 Å². The Balaban J connectivity index is 3.59. The molecule has 0 spiro atoms. The fourth-order valence-electron chi connectivity index (χ4n) is 1.56. The van der Waals surface area contributed by atoms with E-state index in [-0.39, 0.29) is 13.2 Å². The SMILES string of the molecule is CC(CCCCF)CCC(CN)C(=O)O. The first-order valence-corrected chi connectivity index (χ1v) is 5.60. The zero-order valence-corrected chi connectivity index (χ0v) is 9.42. The standard InChI is InChI=1S/C11H22FNO2/c1-9(4-2-3-7-12)5-6-10(8-13)11(14)15/h9-10H,2-8,13H2,1H3,(H,14,15). The number of carbonyl (C=O) groups is 1. The molecule has 0 saturated heterocycles. The molecule has 0 aliphatic carbocycles. The van der Waals surface area contributed by atoms with Crippen molar-refractivity contribution in [3.05, 3.63) is 0 Å². The predicted molar refractivity (Wildman–Crippen MR) is 58.4 cm³/mol. The van der Waals surface area contributed by atoms with Crippen LogP contribution in [0.25, 0.3) is 0 Å². The molecule has 0 aliphatic heterocycles. The van der Waals surface area contributed by atoms with E-state index in [4.69, 9.17) is 10.8 Å². The van der Waals surface area contributed by atoms with Crippen LogP contribution in [0.3, 0.4) is 0 Å². The van der Waals surface area contributed by atoms with Crippen LogP contribution in [0.15, 0.2) is 0 Å². The number of unbranched alkanes of at least 4 members (excludes halogenated alkanes) is 1. The van der Waals surface area contributed by atoms with Gasteiger partial charge in [-0.05, 0) is 25.2 Å². The van der Waals surface area contributed by atoms with Crippen molar-refractivity contribution in [2.24, 2.45) is 17.6 Å². The Morgan fingerprint density at radius 3 is 2.47 bits per heavy atom. The van der Waals surface area contributed by atoms with Gasteiger partial charge in [0, 0.05) is 6.54 Å². The fraction of sp³-hybridized carbons (Fsp3) is 0.909. The molecule has 3 nitrogen and oxygen atoms in total. The Labute approximate surface area is 90.8 Å². The summed E-state index contributed by atoms with van der Waals surface area (Å²) in [5.41, 5.74) is 5.35. The van der Waals surface area contributed by atoms with Crippen molar-refractivity contribution in [2.75, 3.05) is 13.2 Å². The second-order valence-electron chi connectivity index (χ2n) is 4.14. The average molecular weight is 219 g/mol. The number of carboxylic acids is 1. The Morgan fingerprint density at radius 2 is 2.00 bits per heavy atom. The number of nitrogens with two attached hydrogens (primary N) is 1. The van der Waals surface area contributed by atoms with Gasteiger partial charge in [0.05, 0.1) is 12.6 Å². The van der Waals surface area contributed by atoms with Crippen LogP contribution in [0, 0.1) is 11.8 Å². The molecule has 0 bridgehead atoms. The topological polar surface area (TPSA) is 63.3 Å². The molecule has 0 rings (SSSR count). The maximum absolute atomic E-state index is 11.8. The number of hydrogen-bond acceptors (Lipinski definition) is 2. The molecule has 2 unspecified atom stereocenters. The number of alkyl halides is 1. The molecule has 0 fully saturated rings. The predicted octanol–water partition coefficient (Wildman–Crippen LogP) is 2.20. The number of aliphatic carboxylic acids is 1. The molecule has 3 N–H and O–H groups in total. The molecule has 0 saturated carbocycles. The normalized spacial score (nSPS) is 14.9. The number of carboxylic acid groups (broad SMARTS) is 1. The fourth-order valence-corrected chi connectivity index (χ4v) is 1.56. The summed E-state index contributed by atoms with van der Waals surface area (Å²) in [6, 6.07) is 0. The van der Waals surface area contributed by atoms with Gasteiger partial charge in [-0.1, -0.05) is 19.8 Å². The summed E-state index contributed by atoms with van der Waals surface area (Å²) in [5, 5.41) is 8.77. The lowest BCUT2D eigenvalue weighted by Gasteiger charge is -2.14. The van der Waals surface area contributed by atoms with E-state index < -0.39 is 11.9 Å². The van der Waals surface area contributed by atoms with Gasteiger partial charge < -0.3 is 10.8 Å². The largest absolute Gasteiger partial charge is 0.481 e. The van der Waals surface area contributed by atoms with Gasteiger partial charge in [0.1, 0.15) is 0 Å². The van der Waals surface area contributed by atoms with Gasteiger partial charge in [-0.25, -0.2) is 0 Å². The highest BCUT2D eigenvalue weighted by molar-refractivity contribution is 5.70. The van der Waals surface area contributed by atoms with Gasteiger partial charge >= 0.3 is 5.97 Å². The molecule has 0 aliphatic rings. The summed E-state index contributed by atoms with van der Waals surface area (Å²) in [6.45, 7) is 2.02. The first kappa shape index (κ1) is 14.4. The third-order valence-corrected chi connectivity index (χ3v) is 2.72. The van der Waals surface area contributed by atoms with Gasteiger partial charge in [0.2, 0.25) is 0 Å². The lowest BCUT2D eigenvalue weighted by molar-refractivity contribution is -0.141. The summed E-state index contributed by atoms with van der Waals surface area (Å²) in [5.74, 6) is -0.771. The van der Waals surface area contributed by atoms with Crippen LogP contribution in [-0.2, 0) is 4.79 Å². The Kier molecular flexibility index (Phi) is 8.28. The Hall–Kier alpha value is -0.640. The molecule has 0 radical (unpaired) electrons. The van der Waals surface area contributed by atoms with E-state index in [1.807, 2.05) is 0 Å². The molecular weight excluding hydrogens is 197 g/mol. The summed E-state index contributed by atoms with van der Waals surface area (Å²) in [7, 11) is 0. The van der Waals surface area contributed by atoms with Gasteiger partial charge in [0.15, 0.2) is 0 Å². The van der Waals surface area contributed by atoms with Gasteiger partial charge in [-0.3, -0.25) is 9.18 Å². The van der Waals surface area contributed by atoms with Crippen molar-refractivity contribution in [1.29, 1.82) is 0 Å². The molecule has 90 valence electrons. The van der Waals surface area contributed by atoms with Crippen LogP contribution >= 0.6 is 0 Å². The minimum absolute atomic E-state index is 0.201. The van der Waals surface area contributed by atoms with Gasteiger partial charge in [-0.2, -0.15) is 0 Å². The van der Waals surface area contributed by atoms with Crippen molar-refractivity contribution in [3.63, 3.8) is 0 Å². The van der Waals surface area contributed by atoms with Crippen molar-refractivity contribution >= 4 is 5.97 Å². The Morgan fingerprint density at radius 1 is 1.33 bits per heavy atom. The minimum Gasteiger partial charge on any atom is -0.481 e. The maximum atomic E-state index is 11.8. The third-order valence-electron chi connectivity index (χ3n) is 2.72. The summed E-state index contributed by atoms with van der Waals surface area (Å²) in [6.07, 6.45) is 3.96. The molecule has 0 aromatic heterocycles. The summed E-state index contributed by atoms with van der Waals surface area (Å²) < 4.78 is 11.8. The van der Waals surface area contributed by atoms with Crippen LogP contribution in [0.2, 0.25) is 0 Å². The molecular formula is C11H22FNO2. The summed E-state index contributed by atoms with van der Waals surface area (Å²) in [4.78, 5) is 10.7. The van der Waals surface area contributed by atoms with Crippen LogP contribution in [0.4, 0.5) is 4.39 Å². The van der Waals surface area contributed by atoms with Crippen LogP contribution in [-0.4, -0.2) is 24.3 Å². The molecule has 0 aromatic carbocycles. The van der Waals surface area contributed by atoms with Crippen LogP contribution < -0.4 is 5.73 Å². The lowest BCUT2D eigenvalue weighted by atomic mass is 9.93. The van der Waals surface area contributed by atoms with E-state index >= 15 is 0 Å². The maximum Gasteiger partial charge on any atom is 0.307 e. The molecule has 4 heteroatoms. The molecule has 0 aromatic rings. The quantitative estimate of drug-likeness (QED) is 0.584. The van der Waals surface area contributed by atoms with E-state index in [1.165, 1.54) is 0 Å². The number of hydrogen-bond donors (Lipinski definition) is 2. The van der Waals surface area contributed by atoms with Crippen molar-refractivity contribution in [1.82, 2.24) is 0 Å². The van der Waals surface area contributed by atoms with E-state index in [0.29, 0.717) is 18.8 Å². The number of rotatable bonds is 9. The van der Waals surface area contributed by atoms with Crippen LogP contribution in [0.5, 0.6) is 0 Å². The van der Waals surface area contributed by atoms with Crippen molar-refractivity contribution in [3.8, 4) is 0 Å². The van der Waals surface area contributed by atoms with E-state index in [1.54, 1.807) is 0 Å². The smallest absolute Gasteiger partial charge is 0.307 e. The van der Waals surface area contributed by atoms with Crippen molar-refractivity contribution < 1.29 is 14.3 Å². The van der Waals surface area contributed by atoms with Crippen LogP contribution in [0.1, 0.15) is 39.0 Å². The number of halogens is 1. The minimum atomic E-state index is -0.812. The first-order chi connectivity index (χ1) is 7.11. The highest BCUT2D eigenvalue weighted by atomic mass is 19.1. The second-order valence-corrected chi connectivity index (χ2v) is 4.14. The Bertz CT molecular complexity index is 176. The zero-order valence-electron chi connectivity index (χ0n) is 9.42. The molecule has 15 heavy (non-hydrogen) atoms. The van der Waals surface area contributed by atoms with E-state index in [9.17, 15) is 9.18 Å². The highest BCUT2D eigenvalue weighted by Crippen LogP contribution is 2.17. The summed E-state index contributed by atoms with van der Waals surface area (Å²) >= 11 is 0. The molecule has 2 atom stereocenters. The van der Waals surface area contributed by atoms with Crippen molar-refractivity contribution in [2.45, 2.75) is 39.0 Å². The van der Waals surface area contributed by atoms with E-state index in [0.717, 1.165) is 19.3 Å². The van der Waals surface area contributed by atoms with Gasteiger partial charge in [0.25, 0.3) is 0 Å². The monoisotopic (exact) mass is 219 g/mol. The molecule has 0 amide bonds. The lowest BCUT2D eigenvalue weighted by Crippen LogP contribution is -2.23. The third kappa shape index (κ3) is 7.31. The zero-order chi connectivity index (χ0) is 11.7. The van der Waals surface area contributed by atoms with E-state index in [2.05, 4.69) is 6.92 Å². The first-order valence-electron chi connectivity index (χ1n) is 5.60. The highest BCUT2D eigenvalue weighted by Gasteiger charge is 2.16. The second kappa shape index (κ2) is 8.65. The average Bonchev–Trinajstić information content (AvgIpc) is 2.18. The molecule has 0 heterocycles.